The summed E-state index contributed by atoms with van der Waals surface area (Å²) in [5.41, 5.74) is 5.05. The first kappa shape index (κ1) is 24.6. The lowest BCUT2D eigenvalue weighted by molar-refractivity contribution is -0.123. The van der Waals surface area contributed by atoms with E-state index in [-0.39, 0.29) is 17.4 Å². The Morgan fingerprint density at radius 2 is 1.74 bits per heavy atom. The van der Waals surface area contributed by atoms with Crippen LogP contribution in [0.4, 0.5) is 5.82 Å². The fourth-order valence-corrected chi connectivity index (χ4v) is 5.12. The number of anilines is 1. The first-order chi connectivity index (χ1) is 19.2. The molecule has 1 aliphatic heterocycles. The zero-order valence-electron chi connectivity index (χ0n) is 21.4. The highest BCUT2D eigenvalue weighted by atomic mass is 16.2. The molecule has 0 aliphatic carbocycles. The van der Waals surface area contributed by atoms with E-state index in [4.69, 9.17) is 4.98 Å². The highest BCUT2D eigenvalue weighted by Crippen LogP contribution is 2.33. The van der Waals surface area contributed by atoms with Gasteiger partial charge < -0.3 is 10.3 Å². The van der Waals surface area contributed by atoms with Gasteiger partial charge in [-0.05, 0) is 55.3 Å². The van der Waals surface area contributed by atoms with Crippen LogP contribution < -0.4 is 15.8 Å². The zero-order valence-corrected chi connectivity index (χ0v) is 21.4. The lowest BCUT2D eigenvalue weighted by atomic mass is 9.95. The zero-order chi connectivity index (χ0) is 26.6. The Balaban J connectivity index is 1.35. The number of aromatic nitrogens is 4. The first-order valence-corrected chi connectivity index (χ1v) is 13.1. The van der Waals surface area contributed by atoms with E-state index < -0.39 is 0 Å². The Kier molecular flexibility index (Phi) is 6.93. The number of pyridine rings is 2. The minimum absolute atomic E-state index is 0.0288. The summed E-state index contributed by atoms with van der Waals surface area (Å²) in [6, 6.07) is 23.6. The molecule has 2 N–H and O–H groups in total. The lowest BCUT2D eigenvalue weighted by Gasteiger charge is -2.29. The van der Waals surface area contributed by atoms with Crippen LogP contribution in [-0.2, 0) is 11.3 Å². The molecule has 5 aromatic rings. The molecule has 0 unspecified atom stereocenters. The SMILES string of the molecule is O=C(C1CCNCC1)N(Cc1ccc(-c2nc3cc[nH]c(=O)c3cc2-c2ccccc2)cc1)c1ccncn1. The van der Waals surface area contributed by atoms with Crippen LogP contribution >= 0.6 is 0 Å². The van der Waals surface area contributed by atoms with Crippen LogP contribution in [0.2, 0.25) is 0 Å². The molecule has 1 fully saturated rings. The van der Waals surface area contributed by atoms with Crippen molar-refractivity contribution in [3.05, 3.63) is 107 Å². The summed E-state index contributed by atoms with van der Waals surface area (Å²) in [4.78, 5) is 43.9. The van der Waals surface area contributed by atoms with Crippen molar-refractivity contribution in [2.75, 3.05) is 18.0 Å². The van der Waals surface area contributed by atoms with Crippen molar-refractivity contribution in [3.8, 4) is 22.4 Å². The average Bonchev–Trinajstić information content (AvgIpc) is 3.01. The molecule has 0 radical (unpaired) electrons. The number of carbonyl (C=O) groups excluding carboxylic acids is 1. The molecule has 39 heavy (non-hydrogen) atoms. The van der Waals surface area contributed by atoms with Crippen LogP contribution in [0.25, 0.3) is 33.3 Å². The Bertz CT molecular complexity index is 1650. The number of hydrogen-bond acceptors (Lipinski definition) is 6. The van der Waals surface area contributed by atoms with Gasteiger partial charge in [0, 0.05) is 29.4 Å². The summed E-state index contributed by atoms with van der Waals surface area (Å²) >= 11 is 0. The van der Waals surface area contributed by atoms with E-state index in [1.807, 2.05) is 66.7 Å². The molecule has 6 rings (SSSR count). The van der Waals surface area contributed by atoms with E-state index in [0.717, 1.165) is 53.9 Å². The summed E-state index contributed by atoms with van der Waals surface area (Å²) in [7, 11) is 0. The Labute approximate surface area is 225 Å². The average molecular weight is 517 g/mol. The van der Waals surface area contributed by atoms with Crippen molar-refractivity contribution < 1.29 is 4.79 Å². The largest absolute Gasteiger partial charge is 0.328 e. The molecule has 1 aliphatic rings. The molecular formula is C31H28N6O2. The summed E-state index contributed by atoms with van der Waals surface area (Å²) in [5.74, 6) is 0.663. The van der Waals surface area contributed by atoms with Gasteiger partial charge in [0.25, 0.3) is 5.56 Å². The number of fused-ring (bicyclic) bond motifs is 1. The number of amides is 1. The minimum atomic E-state index is -0.165. The predicted molar refractivity (Wildman–Crippen MR) is 152 cm³/mol. The van der Waals surface area contributed by atoms with Crippen LogP contribution in [0, 0.1) is 5.92 Å². The lowest BCUT2D eigenvalue weighted by Crippen LogP contribution is -2.41. The van der Waals surface area contributed by atoms with Gasteiger partial charge in [0.05, 0.1) is 23.1 Å². The number of rotatable bonds is 6. The van der Waals surface area contributed by atoms with Crippen molar-refractivity contribution in [1.82, 2.24) is 25.3 Å². The van der Waals surface area contributed by atoms with Crippen LogP contribution in [0.15, 0.2) is 96.3 Å². The standard InChI is InChI=1S/C31H28N6O2/c38-30-26-18-25(22-4-2-1-3-5-22)29(36-27(26)12-17-34-30)23-8-6-21(7-9-23)19-37(28-13-16-33-20-35-28)31(39)24-10-14-32-15-11-24/h1-9,12-13,16-18,20,24,32H,10-11,14-15,19H2,(H,34,38). The molecule has 0 saturated carbocycles. The smallest absolute Gasteiger partial charge is 0.257 e. The van der Waals surface area contributed by atoms with E-state index in [1.165, 1.54) is 6.33 Å². The van der Waals surface area contributed by atoms with Crippen molar-refractivity contribution in [1.29, 1.82) is 0 Å². The monoisotopic (exact) mass is 516 g/mol. The van der Waals surface area contributed by atoms with Gasteiger partial charge in [-0.25, -0.2) is 15.0 Å². The predicted octanol–water partition coefficient (Wildman–Crippen LogP) is 4.58. The van der Waals surface area contributed by atoms with Crippen molar-refractivity contribution in [3.63, 3.8) is 0 Å². The second-order valence-electron chi connectivity index (χ2n) is 9.70. The Morgan fingerprint density at radius 1 is 0.949 bits per heavy atom. The summed E-state index contributed by atoms with van der Waals surface area (Å²) in [6.07, 6.45) is 6.39. The quantitative estimate of drug-likeness (QED) is 0.342. The van der Waals surface area contributed by atoms with Gasteiger partial charge in [0.15, 0.2) is 0 Å². The van der Waals surface area contributed by atoms with Crippen LogP contribution in [0.5, 0.6) is 0 Å². The van der Waals surface area contributed by atoms with Crippen molar-refractivity contribution >= 4 is 22.6 Å². The molecular weight excluding hydrogens is 488 g/mol. The number of piperidine rings is 1. The van der Waals surface area contributed by atoms with Crippen molar-refractivity contribution in [2.24, 2.45) is 5.92 Å². The highest BCUT2D eigenvalue weighted by molar-refractivity contribution is 5.94. The van der Waals surface area contributed by atoms with Gasteiger partial charge in [0.1, 0.15) is 12.1 Å². The maximum Gasteiger partial charge on any atom is 0.257 e. The highest BCUT2D eigenvalue weighted by Gasteiger charge is 2.27. The minimum Gasteiger partial charge on any atom is -0.328 e. The number of nitrogens with one attached hydrogen (secondary N) is 2. The fourth-order valence-electron chi connectivity index (χ4n) is 5.12. The van der Waals surface area contributed by atoms with E-state index in [2.05, 4.69) is 20.3 Å². The number of H-pyrrole nitrogens is 1. The van der Waals surface area contributed by atoms with E-state index >= 15 is 0 Å². The molecule has 8 heteroatoms. The Morgan fingerprint density at radius 3 is 2.49 bits per heavy atom. The summed E-state index contributed by atoms with van der Waals surface area (Å²) < 4.78 is 0. The third kappa shape index (κ3) is 5.19. The van der Waals surface area contributed by atoms with Gasteiger partial charge in [-0.1, -0.05) is 54.6 Å². The van der Waals surface area contributed by atoms with E-state index in [0.29, 0.717) is 23.3 Å². The van der Waals surface area contributed by atoms with Crippen LogP contribution in [-0.4, -0.2) is 38.9 Å². The second-order valence-corrected chi connectivity index (χ2v) is 9.70. The summed E-state index contributed by atoms with van der Waals surface area (Å²) in [5, 5.41) is 3.88. The first-order valence-electron chi connectivity index (χ1n) is 13.1. The molecule has 0 atom stereocenters. The molecule has 3 aromatic heterocycles. The number of hydrogen-bond donors (Lipinski definition) is 2. The maximum atomic E-state index is 13.5. The Hall–Kier alpha value is -4.69. The third-order valence-corrected chi connectivity index (χ3v) is 7.20. The molecule has 1 saturated heterocycles. The number of benzene rings is 2. The van der Waals surface area contributed by atoms with Gasteiger partial charge in [-0.15, -0.1) is 0 Å². The number of aromatic amines is 1. The molecule has 8 nitrogen and oxygen atoms in total. The van der Waals surface area contributed by atoms with Crippen molar-refractivity contribution in [2.45, 2.75) is 19.4 Å². The molecule has 2 aromatic carbocycles. The fraction of sp³-hybridized carbons (Fsp3) is 0.194. The maximum absolute atomic E-state index is 13.5. The third-order valence-electron chi connectivity index (χ3n) is 7.20. The second kappa shape index (κ2) is 11.0. The topological polar surface area (TPSA) is 104 Å². The van der Waals surface area contributed by atoms with E-state index in [1.54, 1.807) is 23.4 Å². The molecule has 0 bridgehead atoms. The molecule has 194 valence electrons. The van der Waals surface area contributed by atoms with Crippen LogP contribution in [0.3, 0.4) is 0 Å². The number of nitrogens with zero attached hydrogens (tertiary/aromatic N) is 4. The molecule has 1 amide bonds. The number of carbonyl (C=O) groups is 1. The van der Waals surface area contributed by atoms with Gasteiger partial charge in [-0.3, -0.25) is 14.5 Å². The molecule has 4 heterocycles. The van der Waals surface area contributed by atoms with Gasteiger partial charge in [0.2, 0.25) is 5.91 Å². The summed E-state index contributed by atoms with van der Waals surface area (Å²) in [6.45, 7) is 2.10. The normalized spacial score (nSPS) is 13.8. The van der Waals surface area contributed by atoms with Gasteiger partial charge >= 0.3 is 0 Å². The van der Waals surface area contributed by atoms with Gasteiger partial charge in [-0.2, -0.15) is 0 Å². The van der Waals surface area contributed by atoms with Crippen LogP contribution in [0.1, 0.15) is 18.4 Å². The van der Waals surface area contributed by atoms with E-state index in [9.17, 15) is 9.59 Å². The molecule has 0 spiro atoms.